The molecule has 1 fully saturated rings. The summed E-state index contributed by atoms with van der Waals surface area (Å²) in [6, 6.07) is -0.416. The van der Waals surface area contributed by atoms with Crippen molar-refractivity contribution in [2.75, 3.05) is 26.2 Å². The highest BCUT2D eigenvalue weighted by Crippen LogP contribution is 2.09. The Hall–Kier alpha value is -1.47. The van der Waals surface area contributed by atoms with Crippen molar-refractivity contribution in [3.05, 3.63) is 12.2 Å². The van der Waals surface area contributed by atoms with E-state index in [2.05, 4.69) is 15.0 Å². The maximum absolute atomic E-state index is 10.8. The van der Waals surface area contributed by atoms with E-state index in [1.54, 1.807) is 6.92 Å². The van der Waals surface area contributed by atoms with Gasteiger partial charge in [0.15, 0.2) is 6.33 Å². The van der Waals surface area contributed by atoms with Crippen molar-refractivity contribution in [3.63, 3.8) is 0 Å². The summed E-state index contributed by atoms with van der Waals surface area (Å²) < 4.78 is 4.94. The highest BCUT2D eigenvalue weighted by atomic mass is 16.5. The van der Waals surface area contributed by atoms with Gasteiger partial charge in [-0.2, -0.15) is 4.98 Å². The molecule has 1 aromatic heterocycles. The van der Waals surface area contributed by atoms with E-state index in [-0.39, 0.29) is 0 Å². The Morgan fingerprint density at radius 3 is 2.76 bits per heavy atom. The molecule has 0 bridgehead atoms. The zero-order valence-corrected chi connectivity index (χ0v) is 9.74. The van der Waals surface area contributed by atoms with Crippen molar-refractivity contribution in [1.82, 2.24) is 19.9 Å². The molecule has 1 unspecified atom stereocenters. The summed E-state index contributed by atoms with van der Waals surface area (Å²) in [7, 11) is 0. The van der Waals surface area contributed by atoms with Gasteiger partial charge in [0.2, 0.25) is 5.89 Å². The molecule has 1 aliphatic heterocycles. The second-order valence-corrected chi connectivity index (χ2v) is 4.16. The first-order chi connectivity index (χ1) is 8.16. The number of nitrogens with zero attached hydrogens (tertiary/aromatic N) is 4. The smallest absolute Gasteiger partial charge is 0.320 e. The van der Waals surface area contributed by atoms with Gasteiger partial charge in [-0.1, -0.05) is 5.16 Å². The lowest BCUT2D eigenvalue weighted by Gasteiger charge is -2.35. The van der Waals surface area contributed by atoms with Crippen LogP contribution in [0, 0.1) is 0 Å². The van der Waals surface area contributed by atoms with Crippen molar-refractivity contribution in [2.24, 2.45) is 0 Å². The van der Waals surface area contributed by atoms with E-state index >= 15 is 0 Å². The van der Waals surface area contributed by atoms with Crippen LogP contribution in [-0.2, 0) is 11.3 Å². The Bertz CT molecular complexity index is 360. The quantitative estimate of drug-likeness (QED) is 0.770. The maximum atomic E-state index is 10.8. The Morgan fingerprint density at radius 2 is 2.24 bits per heavy atom. The molecule has 0 aromatic carbocycles. The van der Waals surface area contributed by atoms with Gasteiger partial charge in [0.1, 0.15) is 6.04 Å². The highest BCUT2D eigenvalue weighted by Gasteiger charge is 2.25. The van der Waals surface area contributed by atoms with Crippen LogP contribution in [-0.4, -0.2) is 63.2 Å². The van der Waals surface area contributed by atoms with E-state index < -0.39 is 12.0 Å². The van der Waals surface area contributed by atoms with Crippen molar-refractivity contribution in [3.8, 4) is 0 Å². The van der Waals surface area contributed by atoms with Crippen LogP contribution in [0.25, 0.3) is 0 Å². The van der Waals surface area contributed by atoms with Crippen LogP contribution in [0.5, 0.6) is 0 Å². The molecule has 1 atom stereocenters. The summed E-state index contributed by atoms with van der Waals surface area (Å²) in [5.74, 6) is -0.167. The second-order valence-electron chi connectivity index (χ2n) is 4.16. The lowest BCUT2D eigenvalue weighted by atomic mass is 10.2. The fourth-order valence-electron chi connectivity index (χ4n) is 1.92. The van der Waals surface area contributed by atoms with Gasteiger partial charge in [-0.25, -0.2) is 0 Å². The molecule has 0 amide bonds. The predicted molar refractivity (Wildman–Crippen MR) is 58.2 cm³/mol. The molecule has 1 aliphatic rings. The third-order valence-corrected chi connectivity index (χ3v) is 3.08. The van der Waals surface area contributed by atoms with Gasteiger partial charge < -0.3 is 9.63 Å². The number of carbonyl (C=O) groups is 1. The first-order valence-electron chi connectivity index (χ1n) is 5.61. The summed E-state index contributed by atoms with van der Waals surface area (Å²) in [4.78, 5) is 19.0. The fraction of sp³-hybridized carbons (Fsp3) is 0.700. The molecule has 2 rings (SSSR count). The fourth-order valence-corrected chi connectivity index (χ4v) is 1.92. The first-order valence-corrected chi connectivity index (χ1v) is 5.61. The van der Waals surface area contributed by atoms with Gasteiger partial charge in [-0.15, -0.1) is 0 Å². The SMILES string of the molecule is CC(C(=O)O)N1CCN(Cc2ncno2)CC1. The number of hydrogen-bond acceptors (Lipinski definition) is 6. The van der Waals surface area contributed by atoms with Crippen LogP contribution in [0.3, 0.4) is 0 Å². The largest absolute Gasteiger partial charge is 0.480 e. The summed E-state index contributed by atoms with van der Waals surface area (Å²) >= 11 is 0. The molecule has 7 heteroatoms. The lowest BCUT2D eigenvalue weighted by Crippen LogP contribution is -2.51. The summed E-state index contributed by atoms with van der Waals surface area (Å²) in [6.45, 7) is 5.49. The maximum Gasteiger partial charge on any atom is 0.320 e. The molecule has 17 heavy (non-hydrogen) atoms. The molecule has 94 valence electrons. The van der Waals surface area contributed by atoms with E-state index in [1.807, 2.05) is 4.90 Å². The third-order valence-electron chi connectivity index (χ3n) is 3.08. The number of rotatable bonds is 4. The van der Waals surface area contributed by atoms with E-state index in [0.717, 1.165) is 26.2 Å². The molecular weight excluding hydrogens is 224 g/mol. The second kappa shape index (κ2) is 5.24. The minimum Gasteiger partial charge on any atom is -0.480 e. The molecule has 1 N–H and O–H groups in total. The standard InChI is InChI=1S/C10H16N4O3/c1-8(10(15)16)14-4-2-13(3-5-14)6-9-11-7-12-17-9/h7-8H,2-6H2,1H3,(H,15,16). The van der Waals surface area contributed by atoms with Crippen LogP contribution < -0.4 is 0 Å². The molecule has 1 aromatic rings. The number of piperazine rings is 1. The Labute approximate surface area is 99.0 Å². The summed E-state index contributed by atoms with van der Waals surface area (Å²) in [6.07, 6.45) is 1.39. The summed E-state index contributed by atoms with van der Waals surface area (Å²) in [5, 5.41) is 12.5. The van der Waals surface area contributed by atoms with Crippen molar-refractivity contribution in [1.29, 1.82) is 0 Å². The van der Waals surface area contributed by atoms with Gasteiger partial charge in [0, 0.05) is 26.2 Å². The molecule has 1 saturated heterocycles. The van der Waals surface area contributed by atoms with E-state index in [1.165, 1.54) is 6.33 Å². The molecule has 2 heterocycles. The molecule has 7 nitrogen and oxygen atoms in total. The molecule has 0 saturated carbocycles. The Kier molecular flexibility index (Phi) is 3.70. The average Bonchev–Trinajstić information content (AvgIpc) is 2.82. The molecule has 0 aliphatic carbocycles. The Morgan fingerprint density at radius 1 is 1.53 bits per heavy atom. The van der Waals surface area contributed by atoms with Gasteiger partial charge in [-0.3, -0.25) is 14.6 Å². The highest BCUT2D eigenvalue weighted by molar-refractivity contribution is 5.72. The normalized spacial score (nSPS) is 20.3. The number of carboxylic acids is 1. The van der Waals surface area contributed by atoms with Crippen LogP contribution in [0.4, 0.5) is 0 Å². The lowest BCUT2D eigenvalue weighted by molar-refractivity contribution is -0.143. The van der Waals surface area contributed by atoms with Crippen LogP contribution in [0.15, 0.2) is 10.9 Å². The first kappa shape index (κ1) is 12.0. The minimum atomic E-state index is -0.768. The van der Waals surface area contributed by atoms with Crippen molar-refractivity contribution >= 4 is 5.97 Å². The monoisotopic (exact) mass is 240 g/mol. The van der Waals surface area contributed by atoms with Gasteiger partial charge >= 0.3 is 5.97 Å². The topological polar surface area (TPSA) is 82.7 Å². The third kappa shape index (κ3) is 3.01. The van der Waals surface area contributed by atoms with E-state index in [0.29, 0.717) is 12.4 Å². The van der Waals surface area contributed by atoms with Gasteiger partial charge in [0.25, 0.3) is 0 Å². The number of carboxylic acid groups (broad SMARTS) is 1. The number of aliphatic carboxylic acids is 1. The van der Waals surface area contributed by atoms with Crippen molar-refractivity contribution in [2.45, 2.75) is 19.5 Å². The predicted octanol–water partition coefficient (Wildman–Crippen LogP) is -0.340. The van der Waals surface area contributed by atoms with Gasteiger partial charge in [-0.05, 0) is 6.92 Å². The van der Waals surface area contributed by atoms with Crippen LogP contribution in [0.1, 0.15) is 12.8 Å². The molecule has 0 radical (unpaired) electrons. The van der Waals surface area contributed by atoms with Gasteiger partial charge in [0.05, 0.1) is 6.54 Å². The molecular formula is C10H16N4O3. The van der Waals surface area contributed by atoms with Crippen molar-refractivity contribution < 1.29 is 14.4 Å². The molecule has 0 spiro atoms. The average molecular weight is 240 g/mol. The van der Waals surface area contributed by atoms with E-state index in [9.17, 15) is 4.79 Å². The zero-order valence-electron chi connectivity index (χ0n) is 9.74. The number of hydrogen-bond donors (Lipinski definition) is 1. The minimum absolute atomic E-state index is 0.416. The van der Waals surface area contributed by atoms with Crippen LogP contribution >= 0.6 is 0 Å². The Balaban J connectivity index is 1.80. The van der Waals surface area contributed by atoms with Crippen LogP contribution in [0.2, 0.25) is 0 Å². The van der Waals surface area contributed by atoms with E-state index in [4.69, 9.17) is 9.63 Å². The number of aromatic nitrogens is 2. The zero-order chi connectivity index (χ0) is 12.3. The summed E-state index contributed by atoms with van der Waals surface area (Å²) in [5.41, 5.74) is 0.